The quantitative estimate of drug-likeness (QED) is 0.893. The average Bonchev–Trinajstić information content (AvgIpc) is 2.67. The molecule has 0 spiro atoms. The van der Waals surface area contributed by atoms with Gasteiger partial charge in [0.25, 0.3) is 5.91 Å². The number of aryl methyl sites for hydroxylation is 1. The number of benzene rings is 1. The second-order valence-electron chi connectivity index (χ2n) is 7.04. The highest BCUT2D eigenvalue weighted by molar-refractivity contribution is 5.96. The van der Waals surface area contributed by atoms with Crippen molar-refractivity contribution in [2.45, 2.75) is 26.7 Å². The van der Waals surface area contributed by atoms with Crippen molar-refractivity contribution in [3.05, 3.63) is 53.0 Å². The number of carboxylic acids is 1. The van der Waals surface area contributed by atoms with Crippen molar-refractivity contribution < 1.29 is 14.7 Å². The molecule has 2 aromatic rings. The fourth-order valence-corrected chi connectivity index (χ4v) is 3.07. The summed E-state index contributed by atoms with van der Waals surface area (Å²) in [5, 5.41) is 8.96. The predicted molar refractivity (Wildman–Crippen MR) is 102 cm³/mol. The van der Waals surface area contributed by atoms with E-state index in [1.54, 1.807) is 17.0 Å². The smallest absolute Gasteiger partial charge is 0.335 e. The molecule has 1 aliphatic rings. The number of carbonyl (C=O) groups is 2. The Hall–Kier alpha value is -2.96. The van der Waals surface area contributed by atoms with Gasteiger partial charge in [-0.2, -0.15) is 0 Å². The third kappa shape index (κ3) is 4.24. The molecule has 1 amide bonds. The van der Waals surface area contributed by atoms with Crippen molar-refractivity contribution >= 4 is 17.7 Å². The fourth-order valence-electron chi connectivity index (χ4n) is 3.07. The molecule has 0 unspecified atom stereocenters. The van der Waals surface area contributed by atoms with E-state index in [-0.39, 0.29) is 17.4 Å². The third-order valence-corrected chi connectivity index (χ3v) is 4.64. The average molecular weight is 368 g/mol. The molecule has 2 heterocycles. The van der Waals surface area contributed by atoms with E-state index in [0.29, 0.717) is 31.7 Å². The lowest BCUT2D eigenvalue weighted by Gasteiger charge is -2.35. The van der Waals surface area contributed by atoms with Crippen LogP contribution in [-0.2, 0) is 0 Å². The van der Waals surface area contributed by atoms with Crippen LogP contribution in [0.4, 0.5) is 5.82 Å². The summed E-state index contributed by atoms with van der Waals surface area (Å²) in [5.41, 5.74) is 1.63. The van der Waals surface area contributed by atoms with Gasteiger partial charge in [-0.25, -0.2) is 14.8 Å². The Kier molecular flexibility index (Phi) is 5.39. The minimum Gasteiger partial charge on any atom is -0.478 e. The molecule has 1 aromatic carbocycles. The molecule has 7 nitrogen and oxygen atoms in total. The van der Waals surface area contributed by atoms with Gasteiger partial charge in [-0.05, 0) is 31.2 Å². The van der Waals surface area contributed by atoms with Gasteiger partial charge in [0.1, 0.15) is 11.6 Å². The summed E-state index contributed by atoms with van der Waals surface area (Å²) in [6.45, 7) is 8.71. The molecule has 0 bridgehead atoms. The van der Waals surface area contributed by atoms with E-state index in [2.05, 4.69) is 28.7 Å². The van der Waals surface area contributed by atoms with Crippen LogP contribution >= 0.6 is 0 Å². The van der Waals surface area contributed by atoms with Crippen molar-refractivity contribution in [3.8, 4) is 0 Å². The zero-order valence-corrected chi connectivity index (χ0v) is 15.8. The molecule has 1 aromatic heterocycles. The molecular formula is C20H24N4O3. The number of carboxylic acid groups (broad SMARTS) is 1. The predicted octanol–water partition coefficient (Wildman–Crippen LogP) is 2.57. The molecule has 27 heavy (non-hydrogen) atoms. The molecule has 1 N–H and O–H groups in total. The lowest BCUT2D eigenvalue weighted by molar-refractivity contribution is 0.0693. The highest BCUT2D eigenvalue weighted by Gasteiger charge is 2.23. The van der Waals surface area contributed by atoms with Gasteiger partial charge >= 0.3 is 5.97 Å². The highest BCUT2D eigenvalue weighted by Crippen LogP contribution is 2.19. The van der Waals surface area contributed by atoms with Crippen LogP contribution in [0, 0.1) is 6.92 Å². The number of amides is 1. The molecule has 0 radical (unpaired) electrons. The number of aromatic carboxylic acids is 1. The zero-order valence-electron chi connectivity index (χ0n) is 15.8. The summed E-state index contributed by atoms with van der Waals surface area (Å²) in [5.74, 6) is 0.934. The Bertz CT molecular complexity index is 841. The first-order valence-corrected chi connectivity index (χ1v) is 9.08. The van der Waals surface area contributed by atoms with Crippen molar-refractivity contribution in [1.82, 2.24) is 14.9 Å². The minimum atomic E-state index is -0.997. The Balaban J connectivity index is 1.66. The second-order valence-corrected chi connectivity index (χ2v) is 7.04. The fraction of sp³-hybridized carbons (Fsp3) is 0.400. The summed E-state index contributed by atoms with van der Waals surface area (Å²) < 4.78 is 0. The van der Waals surface area contributed by atoms with Gasteiger partial charge in [-0.3, -0.25) is 4.79 Å². The first-order valence-electron chi connectivity index (χ1n) is 9.08. The minimum absolute atomic E-state index is 0.0756. The van der Waals surface area contributed by atoms with Crippen LogP contribution in [0.2, 0.25) is 0 Å². The second kappa shape index (κ2) is 7.73. The van der Waals surface area contributed by atoms with Crippen LogP contribution in [0.5, 0.6) is 0 Å². The van der Waals surface area contributed by atoms with Crippen molar-refractivity contribution in [1.29, 1.82) is 0 Å². The van der Waals surface area contributed by atoms with Crippen LogP contribution in [-0.4, -0.2) is 58.0 Å². The number of anilines is 1. The number of rotatable bonds is 4. The number of piperazine rings is 1. The summed E-state index contributed by atoms with van der Waals surface area (Å²) in [6.07, 6.45) is 0. The lowest BCUT2D eigenvalue weighted by atomic mass is 10.1. The van der Waals surface area contributed by atoms with Crippen molar-refractivity contribution in [2.24, 2.45) is 0 Å². The number of hydrogen-bond donors (Lipinski definition) is 1. The Labute approximate surface area is 158 Å². The summed E-state index contributed by atoms with van der Waals surface area (Å²) >= 11 is 0. The standard InChI is InChI=1S/C20H24N4O3/c1-13(2)18-21-14(3)12-17(22-18)23-8-10-24(11-9-23)19(25)15-4-6-16(7-5-15)20(26)27/h4-7,12-13H,8-11H2,1-3H3,(H,26,27). The number of aromatic nitrogens is 2. The topological polar surface area (TPSA) is 86.6 Å². The van der Waals surface area contributed by atoms with E-state index in [4.69, 9.17) is 5.11 Å². The lowest BCUT2D eigenvalue weighted by Crippen LogP contribution is -2.49. The Morgan fingerprint density at radius 3 is 2.15 bits per heavy atom. The maximum Gasteiger partial charge on any atom is 0.335 e. The van der Waals surface area contributed by atoms with Gasteiger partial charge in [0, 0.05) is 49.4 Å². The number of hydrogen-bond acceptors (Lipinski definition) is 5. The normalized spacial score (nSPS) is 14.5. The van der Waals surface area contributed by atoms with Crippen molar-refractivity contribution in [3.63, 3.8) is 0 Å². The van der Waals surface area contributed by atoms with E-state index < -0.39 is 5.97 Å². The number of nitrogens with zero attached hydrogens (tertiary/aromatic N) is 4. The summed E-state index contributed by atoms with van der Waals surface area (Å²) in [7, 11) is 0. The van der Waals surface area contributed by atoms with E-state index in [9.17, 15) is 9.59 Å². The van der Waals surface area contributed by atoms with Gasteiger partial charge in [-0.15, -0.1) is 0 Å². The van der Waals surface area contributed by atoms with E-state index >= 15 is 0 Å². The van der Waals surface area contributed by atoms with Crippen LogP contribution < -0.4 is 4.90 Å². The summed E-state index contributed by atoms with van der Waals surface area (Å²) in [4.78, 5) is 36.7. The molecular weight excluding hydrogens is 344 g/mol. The molecule has 142 valence electrons. The number of carbonyl (C=O) groups excluding carboxylic acids is 1. The molecule has 0 aliphatic carbocycles. The zero-order chi connectivity index (χ0) is 19.6. The largest absolute Gasteiger partial charge is 0.478 e. The van der Waals surface area contributed by atoms with Gasteiger partial charge < -0.3 is 14.9 Å². The van der Waals surface area contributed by atoms with E-state index in [1.807, 2.05) is 13.0 Å². The first kappa shape index (κ1) is 18.8. The Morgan fingerprint density at radius 2 is 1.59 bits per heavy atom. The molecule has 1 fully saturated rings. The molecule has 0 saturated carbocycles. The first-order chi connectivity index (χ1) is 12.8. The van der Waals surface area contributed by atoms with Gasteiger partial charge in [0.15, 0.2) is 0 Å². The SMILES string of the molecule is Cc1cc(N2CCN(C(=O)c3ccc(C(=O)O)cc3)CC2)nc(C(C)C)n1. The molecule has 3 rings (SSSR count). The Morgan fingerprint density at radius 1 is 1.00 bits per heavy atom. The van der Waals surface area contributed by atoms with Gasteiger partial charge in [-0.1, -0.05) is 13.8 Å². The van der Waals surface area contributed by atoms with Gasteiger partial charge in [0.2, 0.25) is 0 Å². The summed E-state index contributed by atoms with van der Waals surface area (Å²) in [6, 6.07) is 8.04. The van der Waals surface area contributed by atoms with E-state index in [0.717, 1.165) is 17.3 Å². The third-order valence-electron chi connectivity index (χ3n) is 4.64. The van der Waals surface area contributed by atoms with Gasteiger partial charge in [0.05, 0.1) is 5.56 Å². The van der Waals surface area contributed by atoms with Crippen LogP contribution in [0.1, 0.15) is 52.0 Å². The maximum atomic E-state index is 12.7. The van der Waals surface area contributed by atoms with Crippen LogP contribution in [0.25, 0.3) is 0 Å². The van der Waals surface area contributed by atoms with Crippen molar-refractivity contribution in [2.75, 3.05) is 31.1 Å². The van der Waals surface area contributed by atoms with E-state index in [1.165, 1.54) is 12.1 Å². The maximum absolute atomic E-state index is 12.7. The molecule has 7 heteroatoms. The van der Waals surface area contributed by atoms with Crippen LogP contribution in [0.3, 0.4) is 0 Å². The highest BCUT2D eigenvalue weighted by atomic mass is 16.4. The molecule has 1 saturated heterocycles. The molecule has 1 aliphatic heterocycles. The van der Waals surface area contributed by atoms with Crippen LogP contribution in [0.15, 0.2) is 30.3 Å². The molecule has 0 atom stereocenters. The monoisotopic (exact) mass is 368 g/mol.